The number of ether oxygens (including phenoxy) is 1. The molecule has 0 fully saturated rings. The minimum absolute atomic E-state index is 0.581. The Morgan fingerprint density at radius 1 is 0.407 bits per heavy atom. The summed E-state index contributed by atoms with van der Waals surface area (Å²) in [5.41, 5.74) is 13.8. The van der Waals surface area contributed by atoms with Crippen LogP contribution in [0.2, 0.25) is 0 Å². The summed E-state index contributed by atoms with van der Waals surface area (Å²) in [4.78, 5) is 2.29. The van der Waals surface area contributed by atoms with Gasteiger partial charge in [0.05, 0.1) is 6.61 Å². The van der Waals surface area contributed by atoms with Crippen molar-refractivity contribution in [2.24, 2.45) is 0 Å². The van der Waals surface area contributed by atoms with E-state index in [0.717, 1.165) is 33.8 Å². The van der Waals surface area contributed by atoms with Crippen LogP contribution in [0, 0.1) is 0 Å². The molecule has 0 aromatic heterocycles. The molecule has 0 aliphatic carbocycles. The third kappa shape index (κ3) is 9.18. The second kappa shape index (κ2) is 18.1. The average molecular weight is 698 g/mol. The predicted molar refractivity (Wildman–Crippen MR) is 230 cm³/mol. The molecule has 0 bridgehead atoms. The zero-order chi connectivity index (χ0) is 36.8. The van der Waals surface area contributed by atoms with Crippen molar-refractivity contribution in [3.8, 4) is 0 Å². The van der Waals surface area contributed by atoms with Crippen molar-refractivity contribution in [1.82, 2.24) is 0 Å². The van der Waals surface area contributed by atoms with Gasteiger partial charge in [0.2, 0.25) is 0 Å². The van der Waals surface area contributed by atoms with E-state index in [4.69, 9.17) is 4.74 Å². The third-order valence-electron chi connectivity index (χ3n) is 9.25. The van der Waals surface area contributed by atoms with Gasteiger partial charge in [-0.15, -0.1) is 0 Å². The number of anilines is 3. The summed E-state index contributed by atoms with van der Waals surface area (Å²) >= 11 is 0. The fourth-order valence-corrected chi connectivity index (χ4v) is 6.52. The van der Waals surface area contributed by atoms with Gasteiger partial charge in [0.1, 0.15) is 0 Å². The number of allylic oxidation sites excluding steroid dienone is 4. The molecule has 2 nitrogen and oxygen atoms in total. The minimum Gasteiger partial charge on any atom is -0.380 e. The summed E-state index contributed by atoms with van der Waals surface area (Å²) in [5, 5.41) is 0. The Morgan fingerprint density at radius 3 is 1.04 bits per heavy atom. The molecule has 0 aliphatic rings. The van der Waals surface area contributed by atoms with Gasteiger partial charge in [-0.1, -0.05) is 194 Å². The summed E-state index contributed by atoms with van der Waals surface area (Å²) in [6.07, 6.45) is 13.0. The molecule has 0 unspecified atom stereocenters. The van der Waals surface area contributed by atoms with Crippen LogP contribution in [0.1, 0.15) is 38.9 Å². The molecule has 7 rings (SSSR count). The fraction of sp³-hybridized carbons (Fsp3) is 0.0385. The Balaban J connectivity index is 1.15. The van der Waals surface area contributed by atoms with Crippen molar-refractivity contribution in [2.75, 3.05) is 12.0 Å². The van der Waals surface area contributed by atoms with E-state index in [9.17, 15) is 0 Å². The molecular formula is C52H43NO. The van der Waals surface area contributed by atoms with Gasteiger partial charge in [-0.3, -0.25) is 0 Å². The molecule has 0 spiro atoms. The zero-order valence-corrected chi connectivity index (χ0v) is 30.5. The smallest absolute Gasteiger partial charge is 0.0713 e. The monoisotopic (exact) mass is 697 g/mol. The molecule has 54 heavy (non-hydrogen) atoms. The average Bonchev–Trinajstić information content (AvgIpc) is 3.24. The van der Waals surface area contributed by atoms with Gasteiger partial charge in [0, 0.05) is 24.2 Å². The molecule has 7 aromatic rings. The molecule has 0 atom stereocenters. The lowest BCUT2D eigenvalue weighted by molar-refractivity contribution is 0.185. The van der Waals surface area contributed by atoms with Gasteiger partial charge < -0.3 is 9.64 Å². The third-order valence-corrected chi connectivity index (χ3v) is 9.25. The molecule has 7 aromatic carbocycles. The molecule has 0 saturated carbocycles. The highest BCUT2D eigenvalue weighted by molar-refractivity contribution is 5.83. The number of methoxy groups -OCH3 is 1. The molecule has 0 radical (unpaired) electrons. The molecule has 2 heteroatoms. The lowest BCUT2D eigenvalue weighted by Crippen LogP contribution is -2.10. The summed E-state index contributed by atoms with van der Waals surface area (Å²) in [5.74, 6) is 0. The Kier molecular flexibility index (Phi) is 12.0. The first kappa shape index (κ1) is 35.7. The van der Waals surface area contributed by atoms with Crippen LogP contribution in [-0.2, 0) is 11.3 Å². The van der Waals surface area contributed by atoms with Crippen molar-refractivity contribution in [1.29, 1.82) is 0 Å². The van der Waals surface area contributed by atoms with Crippen LogP contribution < -0.4 is 4.90 Å². The van der Waals surface area contributed by atoms with Crippen LogP contribution in [0.25, 0.3) is 23.3 Å². The highest BCUT2D eigenvalue weighted by Gasteiger charge is 2.13. The number of hydrogen-bond donors (Lipinski definition) is 0. The van der Waals surface area contributed by atoms with Gasteiger partial charge >= 0.3 is 0 Å². The van der Waals surface area contributed by atoms with Crippen LogP contribution in [-0.4, -0.2) is 7.11 Å². The van der Waals surface area contributed by atoms with E-state index < -0.39 is 0 Å². The molecular weight excluding hydrogens is 655 g/mol. The highest BCUT2D eigenvalue weighted by Crippen LogP contribution is 2.35. The second-order valence-corrected chi connectivity index (χ2v) is 13.0. The normalized spacial score (nSPS) is 11.1. The number of rotatable bonds is 13. The summed E-state index contributed by atoms with van der Waals surface area (Å²) < 4.78 is 5.38. The van der Waals surface area contributed by atoms with Crippen LogP contribution in [0.3, 0.4) is 0 Å². The lowest BCUT2D eigenvalue weighted by Gasteiger charge is -2.26. The number of hydrogen-bond acceptors (Lipinski definition) is 2. The quantitative estimate of drug-likeness (QED) is 0.111. The molecule has 0 saturated heterocycles. The van der Waals surface area contributed by atoms with Gasteiger partial charge in [0.15, 0.2) is 0 Å². The Hall–Kier alpha value is -6.74. The van der Waals surface area contributed by atoms with Gasteiger partial charge in [0.25, 0.3) is 0 Å². The van der Waals surface area contributed by atoms with Gasteiger partial charge in [-0.25, -0.2) is 0 Å². The maximum atomic E-state index is 5.38. The predicted octanol–water partition coefficient (Wildman–Crippen LogP) is 13.6. The number of nitrogens with zero attached hydrogens (tertiary/aromatic N) is 1. The van der Waals surface area contributed by atoms with Crippen molar-refractivity contribution in [3.63, 3.8) is 0 Å². The van der Waals surface area contributed by atoms with Crippen molar-refractivity contribution < 1.29 is 4.74 Å². The Bertz CT molecular complexity index is 2090. The van der Waals surface area contributed by atoms with Crippen molar-refractivity contribution >= 4 is 40.4 Å². The molecule has 0 N–H and O–H groups in total. The largest absolute Gasteiger partial charge is 0.380 e. The van der Waals surface area contributed by atoms with Crippen LogP contribution in [0.4, 0.5) is 17.1 Å². The van der Waals surface area contributed by atoms with Crippen LogP contribution in [0.5, 0.6) is 0 Å². The maximum Gasteiger partial charge on any atom is 0.0713 e. The summed E-state index contributed by atoms with van der Waals surface area (Å²) in [6.45, 7) is 0.581. The van der Waals surface area contributed by atoms with E-state index >= 15 is 0 Å². The Labute approximate surface area is 320 Å². The van der Waals surface area contributed by atoms with Crippen molar-refractivity contribution in [2.45, 2.75) is 6.61 Å². The fourth-order valence-electron chi connectivity index (χ4n) is 6.52. The molecule has 262 valence electrons. The van der Waals surface area contributed by atoms with Crippen LogP contribution in [0.15, 0.2) is 218 Å². The van der Waals surface area contributed by atoms with Gasteiger partial charge in [-0.05, 0) is 86.5 Å². The van der Waals surface area contributed by atoms with E-state index in [-0.39, 0.29) is 0 Å². The van der Waals surface area contributed by atoms with Crippen LogP contribution >= 0.6 is 0 Å². The molecule has 0 heterocycles. The van der Waals surface area contributed by atoms with E-state index in [1.54, 1.807) is 7.11 Å². The SMILES string of the molecule is COCc1ccc(N(c2ccc(/C=C/C=C(c3ccccc3)c3ccccc3)cc2)c2ccc(/C=C/C=C(c3ccccc3)c3ccccc3)cc2)cc1. The maximum absolute atomic E-state index is 5.38. The van der Waals surface area contributed by atoms with Gasteiger partial charge in [-0.2, -0.15) is 0 Å². The standard InChI is InChI=1S/C52H43NO/c1-54-40-43-32-38-50(39-33-43)53(48-34-28-41(29-35-48)16-14-26-51(44-18-6-2-7-19-44)45-20-8-3-9-21-45)49-36-30-42(31-37-49)17-15-27-52(46-22-10-4-11-23-46)47-24-12-5-13-25-47/h2-39H,40H2,1H3/b16-14+,17-15+. The first-order valence-electron chi connectivity index (χ1n) is 18.3. The van der Waals surface area contributed by atoms with E-state index in [0.29, 0.717) is 6.61 Å². The topological polar surface area (TPSA) is 12.5 Å². The van der Waals surface area contributed by atoms with E-state index in [1.807, 2.05) is 0 Å². The summed E-state index contributed by atoms with van der Waals surface area (Å²) in [7, 11) is 1.73. The lowest BCUT2D eigenvalue weighted by atomic mass is 9.97. The zero-order valence-electron chi connectivity index (χ0n) is 30.5. The molecule has 0 aliphatic heterocycles. The highest BCUT2D eigenvalue weighted by atomic mass is 16.5. The number of benzene rings is 7. The molecule has 0 amide bonds. The van der Waals surface area contributed by atoms with Crippen molar-refractivity contribution in [3.05, 3.63) is 257 Å². The van der Waals surface area contributed by atoms with E-state index in [2.05, 4.69) is 235 Å². The summed E-state index contributed by atoms with van der Waals surface area (Å²) in [6, 6.07) is 68.2. The second-order valence-electron chi connectivity index (χ2n) is 13.0. The Morgan fingerprint density at radius 2 is 0.722 bits per heavy atom. The van der Waals surface area contributed by atoms with E-state index in [1.165, 1.54) is 33.4 Å². The minimum atomic E-state index is 0.581. The first-order valence-corrected chi connectivity index (χ1v) is 18.3. The first-order chi connectivity index (χ1) is 26.7.